The normalized spacial score (nSPS) is 12.3. The van der Waals surface area contributed by atoms with E-state index in [4.69, 9.17) is 0 Å². The maximum atomic E-state index is 13.2. The fourth-order valence-electron chi connectivity index (χ4n) is 3.35. The van der Waals surface area contributed by atoms with Gasteiger partial charge in [0, 0.05) is 5.56 Å². The van der Waals surface area contributed by atoms with Crippen LogP contribution in [0.3, 0.4) is 0 Å². The third-order valence-corrected chi connectivity index (χ3v) is 7.55. The Kier molecular flexibility index (Phi) is 6.64. The molecule has 2 N–H and O–H groups in total. The number of aryl methyl sites for hydroxylation is 2. The van der Waals surface area contributed by atoms with Gasteiger partial charge in [0.25, 0.3) is 15.9 Å². The molecule has 0 spiro atoms. The Morgan fingerprint density at radius 3 is 2.21 bits per heavy atom. The molecule has 0 aliphatic heterocycles. The van der Waals surface area contributed by atoms with Crippen molar-refractivity contribution in [3.8, 4) is 0 Å². The van der Waals surface area contributed by atoms with Crippen LogP contribution >= 0.6 is 11.3 Å². The fourth-order valence-corrected chi connectivity index (χ4v) is 5.48. The van der Waals surface area contributed by atoms with E-state index in [1.54, 1.807) is 18.2 Å². The Balaban J connectivity index is 1.58. The molecule has 0 aliphatic carbocycles. The van der Waals surface area contributed by atoms with Gasteiger partial charge < -0.3 is 0 Å². The van der Waals surface area contributed by atoms with Crippen LogP contribution in [-0.4, -0.2) is 24.5 Å². The van der Waals surface area contributed by atoms with Gasteiger partial charge >= 0.3 is 0 Å². The van der Waals surface area contributed by atoms with E-state index >= 15 is 0 Å². The van der Waals surface area contributed by atoms with Crippen molar-refractivity contribution >= 4 is 32.4 Å². The summed E-state index contributed by atoms with van der Waals surface area (Å²) in [5, 5.41) is 10.4. The molecule has 0 bridgehead atoms. The standard InChI is InChI=1S/C24H22N4O3S2/c1-16-8-6-12-19(14-16)21(18-10-4-3-5-11-18)28-33(30,31)24-27-26-23(32-24)25-22(29)20-13-7-9-17(2)15-20/h3-15,21,28H,1-2H3,(H,25,26,29)/t21-/m1/s1. The van der Waals surface area contributed by atoms with Crippen LogP contribution in [0.5, 0.6) is 0 Å². The van der Waals surface area contributed by atoms with Gasteiger partial charge in [-0.25, -0.2) is 8.42 Å². The number of aromatic nitrogens is 2. The summed E-state index contributed by atoms with van der Waals surface area (Å²) < 4.78 is 28.9. The lowest BCUT2D eigenvalue weighted by molar-refractivity contribution is 0.102. The number of carbonyl (C=O) groups excluding carboxylic acids is 1. The lowest BCUT2D eigenvalue weighted by Gasteiger charge is -2.19. The van der Waals surface area contributed by atoms with Crippen molar-refractivity contribution < 1.29 is 13.2 Å². The van der Waals surface area contributed by atoms with Crippen molar-refractivity contribution in [2.24, 2.45) is 0 Å². The lowest BCUT2D eigenvalue weighted by atomic mass is 9.98. The number of benzene rings is 3. The van der Waals surface area contributed by atoms with Crippen LogP contribution in [0.1, 0.15) is 38.7 Å². The van der Waals surface area contributed by atoms with Crippen molar-refractivity contribution in [1.82, 2.24) is 14.9 Å². The van der Waals surface area contributed by atoms with E-state index in [2.05, 4.69) is 20.2 Å². The molecule has 0 saturated heterocycles. The van der Waals surface area contributed by atoms with Gasteiger partial charge in [-0.15, -0.1) is 10.2 Å². The number of hydrogen-bond acceptors (Lipinski definition) is 6. The third-order valence-electron chi connectivity index (χ3n) is 4.92. The highest BCUT2D eigenvalue weighted by Crippen LogP contribution is 2.27. The second-order valence-corrected chi connectivity index (χ2v) is 10.4. The monoisotopic (exact) mass is 478 g/mol. The zero-order valence-electron chi connectivity index (χ0n) is 18.0. The summed E-state index contributed by atoms with van der Waals surface area (Å²) in [6.45, 7) is 3.84. The number of amides is 1. The third kappa shape index (κ3) is 5.51. The summed E-state index contributed by atoms with van der Waals surface area (Å²) in [6.07, 6.45) is 0. The van der Waals surface area contributed by atoms with Crippen molar-refractivity contribution in [2.45, 2.75) is 24.2 Å². The zero-order chi connectivity index (χ0) is 23.4. The number of nitrogens with zero attached hydrogens (tertiary/aromatic N) is 2. The van der Waals surface area contributed by atoms with E-state index in [0.29, 0.717) is 5.56 Å². The highest BCUT2D eigenvalue weighted by molar-refractivity contribution is 7.91. The molecule has 0 radical (unpaired) electrons. The van der Waals surface area contributed by atoms with Crippen molar-refractivity contribution in [2.75, 3.05) is 5.32 Å². The van der Waals surface area contributed by atoms with E-state index in [1.165, 1.54) is 0 Å². The minimum atomic E-state index is -4.01. The molecule has 1 atom stereocenters. The van der Waals surface area contributed by atoms with Gasteiger partial charge in [-0.05, 0) is 37.1 Å². The number of rotatable bonds is 7. The van der Waals surface area contributed by atoms with E-state index in [-0.39, 0.29) is 15.4 Å². The zero-order valence-corrected chi connectivity index (χ0v) is 19.7. The van der Waals surface area contributed by atoms with Crippen LogP contribution < -0.4 is 10.0 Å². The SMILES string of the molecule is Cc1cccc(C(=O)Nc2nnc(S(=O)(=O)N[C@H](c3ccccc3)c3cccc(C)c3)s2)c1. The Hall–Kier alpha value is -3.40. The van der Waals surface area contributed by atoms with Crippen molar-refractivity contribution in [1.29, 1.82) is 0 Å². The minimum Gasteiger partial charge on any atom is -0.296 e. The van der Waals surface area contributed by atoms with Gasteiger partial charge in [-0.2, -0.15) is 4.72 Å². The number of hydrogen-bond donors (Lipinski definition) is 2. The average molecular weight is 479 g/mol. The van der Waals surface area contributed by atoms with Gasteiger partial charge in [0.05, 0.1) is 6.04 Å². The predicted molar refractivity (Wildman–Crippen MR) is 129 cm³/mol. The maximum Gasteiger partial charge on any atom is 0.270 e. The second kappa shape index (κ2) is 9.62. The molecule has 1 aromatic heterocycles. The molecule has 3 aromatic carbocycles. The molecule has 1 heterocycles. The summed E-state index contributed by atoms with van der Waals surface area (Å²) in [5.74, 6) is -0.381. The minimum absolute atomic E-state index is 0.105. The molecule has 4 rings (SSSR count). The average Bonchev–Trinajstić information content (AvgIpc) is 3.28. The van der Waals surface area contributed by atoms with E-state index < -0.39 is 16.1 Å². The molecule has 0 fully saturated rings. The Morgan fingerprint density at radius 2 is 1.52 bits per heavy atom. The van der Waals surface area contributed by atoms with E-state index in [9.17, 15) is 13.2 Å². The number of carbonyl (C=O) groups is 1. The fraction of sp³-hybridized carbons (Fsp3) is 0.125. The summed E-state index contributed by atoms with van der Waals surface area (Å²) in [6, 6.07) is 23.4. The van der Waals surface area contributed by atoms with Crippen LogP contribution in [0.2, 0.25) is 0 Å². The highest BCUT2D eigenvalue weighted by atomic mass is 32.2. The van der Waals surface area contributed by atoms with Crippen LogP contribution in [0.15, 0.2) is 83.2 Å². The van der Waals surface area contributed by atoms with Crippen LogP contribution in [0, 0.1) is 13.8 Å². The van der Waals surface area contributed by atoms with E-state index in [1.807, 2.05) is 74.5 Å². The van der Waals surface area contributed by atoms with Crippen LogP contribution in [-0.2, 0) is 10.0 Å². The first-order valence-corrected chi connectivity index (χ1v) is 12.5. The topological polar surface area (TPSA) is 101 Å². The lowest BCUT2D eigenvalue weighted by Crippen LogP contribution is -2.29. The van der Waals surface area contributed by atoms with Gasteiger partial charge in [0.2, 0.25) is 9.47 Å². The molecular weight excluding hydrogens is 456 g/mol. The molecule has 0 aliphatic rings. The summed E-state index contributed by atoms with van der Waals surface area (Å²) in [5.41, 5.74) is 4.02. The number of anilines is 1. The van der Waals surface area contributed by atoms with Crippen LogP contribution in [0.4, 0.5) is 5.13 Å². The van der Waals surface area contributed by atoms with Gasteiger partial charge in [0.1, 0.15) is 0 Å². The summed E-state index contributed by atoms with van der Waals surface area (Å²) >= 11 is 0.798. The molecule has 0 saturated carbocycles. The summed E-state index contributed by atoms with van der Waals surface area (Å²) in [7, 11) is -4.01. The number of sulfonamides is 1. The largest absolute Gasteiger partial charge is 0.296 e. The molecule has 33 heavy (non-hydrogen) atoms. The Morgan fingerprint density at radius 1 is 0.848 bits per heavy atom. The quantitative estimate of drug-likeness (QED) is 0.382. The maximum absolute atomic E-state index is 13.2. The molecule has 9 heteroatoms. The van der Waals surface area contributed by atoms with Crippen molar-refractivity contribution in [3.63, 3.8) is 0 Å². The predicted octanol–water partition coefficient (Wildman–Crippen LogP) is 4.48. The molecule has 168 valence electrons. The Bertz CT molecular complexity index is 1390. The molecular formula is C24H22N4O3S2. The van der Waals surface area contributed by atoms with Gasteiger partial charge in [0.15, 0.2) is 0 Å². The van der Waals surface area contributed by atoms with Crippen LogP contribution in [0.25, 0.3) is 0 Å². The molecule has 0 unspecified atom stereocenters. The number of nitrogens with one attached hydrogen (secondary N) is 2. The Labute approximate surface area is 196 Å². The molecule has 4 aromatic rings. The summed E-state index contributed by atoms with van der Waals surface area (Å²) in [4.78, 5) is 12.5. The highest BCUT2D eigenvalue weighted by Gasteiger charge is 2.27. The van der Waals surface area contributed by atoms with E-state index in [0.717, 1.165) is 33.6 Å². The second-order valence-electron chi connectivity index (χ2n) is 7.58. The molecule has 1 amide bonds. The van der Waals surface area contributed by atoms with Crippen molar-refractivity contribution in [3.05, 3.63) is 107 Å². The van der Waals surface area contributed by atoms with Gasteiger partial charge in [-0.3, -0.25) is 10.1 Å². The smallest absolute Gasteiger partial charge is 0.270 e. The first-order chi connectivity index (χ1) is 15.8. The molecule has 7 nitrogen and oxygen atoms in total. The first-order valence-electron chi connectivity index (χ1n) is 10.2. The van der Waals surface area contributed by atoms with Gasteiger partial charge in [-0.1, -0.05) is 89.2 Å². The first kappa shape index (κ1) is 22.8.